The van der Waals surface area contributed by atoms with Crippen molar-refractivity contribution in [1.29, 1.82) is 0 Å². The van der Waals surface area contributed by atoms with Crippen LogP contribution in [0, 0.1) is 6.92 Å². The predicted octanol–water partition coefficient (Wildman–Crippen LogP) is 4.94. The molecule has 5 heteroatoms. The number of halogens is 1. The summed E-state index contributed by atoms with van der Waals surface area (Å²) in [5, 5.41) is 3.41. The Balaban J connectivity index is 2.13. The van der Waals surface area contributed by atoms with Crippen LogP contribution in [0.4, 0.5) is 11.4 Å². The zero-order valence-corrected chi connectivity index (χ0v) is 16.6. The van der Waals surface area contributed by atoms with Gasteiger partial charge in [0.25, 0.3) is 0 Å². The monoisotopic (exact) mass is 372 g/mol. The van der Waals surface area contributed by atoms with Gasteiger partial charge in [-0.05, 0) is 47.7 Å². The Bertz CT molecular complexity index is 808. The number of nitrogens with zero attached hydrogens (tertiary/aromatic N) is 1. The largest absolute Gasteiger partial charge is 0.325 e. The summed E-state index contributed by atoms with van der Waals surface area (Å²) in [5.41, 5.74) is 3.36. The second-order valence-electron chi connectivity index (χ2n) is 7.36. The van der Waals surface area contributed by atoms with Crippen LogP contribution >= 0.6 is 11.6 Å². The lowest BCUT2D eigenvalue weighted by molar-refractivity contribution is -0.120. The van der Waals surface area contributed by atoms with Crippen molar-refractivity contribution >= 4 is 34.8 Å². The summed E-state index contributed by atoms with van der Waals surface area (Å²) in [4.78, 5) is 25.9. The smallest absolute Gasteiger partial charge is 0.244 e. The predicted molar refractivity (Wildman–Crippen MR) is 108 cm³/mol. The molecule has 0 aliphatic rings. The summed E-state index contributed by atoms with van der Waals surface area (Å²) in [6.07, 6.45) is 0. The molecule has 2 amide bonds. The Kier molecular flexibility index (Phi) is 6.09. The van der Waals surface area contributed by atoms with E-state index in [-0.39, 0.29) is 23.8 Å². The average Bonchev–Trinajstić information content (AvgIpc) is 2.55. The lowest BCUT2D eigenvalue weighted by atomic mass is 9.87. The molecule has 2 rings (SSSR count). The van der Waals surface area contributed by atoms with Gasteiger partial charge in [0.1, 0.15) is 6.54 Å². The van der Waals surface area contributed by atoms with Crippen LogP contribution in [0.25, 0.3) is 0 Å². The third kappa shape index (κ3) is 4.85. The standard InChI is InChI=1S/C21H25ClN2O2/c1-14-18(22)7-6-8-19(14)24(15(2)25)13-20(26)23-17-11-9-16(10-12-17)21(3,4)5/h6-12H,13H2,1-5H3,(H,23,26). The molecule has 0 bridgehead atoms. The van der Waals surface area contributed by atoms with E-state index in [9.17, 15) is 9.59 Å². The van der Waals surface area contributed by atoms with Gasteiger partial charge in [-0.3, -0.25) is 9.59 Å². The van der Waals surface area contributed by atoms with Crippen molar-refractivity contribution in [3.63, 3.8) is 0 Å². The van der Waals surface area contributed by atoms with Crippen LogP contribution < -0.4 is 10.2 Å². The molecule has 138 valence electrons. The summed E-state index contributed by atoms with van der Waals surface area (Å²) in [5.74, 6) is -0.475. The molecule has 0 atom stereocenters. The molecule has 26 heavy (non-hydrogen) atoms. The topological polar surface area (TPSA) is 49.4 Å². The van der Waals surface area contributed by atoms with Gasteiger partial charge in [-0.1, -0.05) is 50.6 Å². The number of benzene rings is 2. The van der Waals surface area contributed by atoms with Gasteiger partial charge in [0.05, 0.1) is 0 Å². The first-order chi connectivity index (χ1) is 12.1. The van der Waals surface area contributed by atoms with E-state index in [1.165, 1.54) is 17.4 Å². The second kappa shape index (κ2) is 7.92. The molecule has 0 unspecified atom stereocenters. The van der Waals surface area contributed by atoms with Crippen molar-refractivity contribution in [2.24, 2.45) is 0 Å². The van der Waals surface area contributed by atoms with Gasteiger partial charge < -0.3 is 10.2 Å². The highest BCUT2D eigenvalue weighted by molar-refractivity contribution is 6.31. The van der Waals surface area contributed by atoms with E-state index in [0.29, 0.717) is 16.4 Å². The lowest BCUT2D eigenvalue weighted by Gasteiger charge is -2.23. The summed E-state index contributed by atoms with van der Waals surface area (Å²) in [6, 6.07) is 13.1. The molecule has 0 saturated carbocycles. The fourth-order valence-corrected chi connectivity index (χ4v) is 2.82. The van der Waals surface area contributed by atoms with E-state index in [0.717, 1.165) is 5.56 Å². The number of carbonyl (C=O) groups is 2. The first-order valence-electron chi connectivity index (χ1n) is 8.53. The van der Waals surface area contributed by atoms with E-state index in [1.54, 1.807) is 18.2 Å². The van der Waals surface area contributed by atoms with Crippen LogP contribution in [0.5, 0.6) is 0 Å². The molecular weight excluding hydrogens is 348 g/mol. The summed E-state index contributed by atoms with van der Waals surface area (Å²) >= 11 is 6.14. The Morgan fingerprint density at radius 1 is 1.08 bits per heavy atom. The molecule has 0 aliphatic heterocycles. The van der Waals surface area contributed by atoms with E-state index in [4.69, 9.17) is 11.6 Å². The minimum atomic E-state index is -0.261. The fourth-order valence-electron chi connectivity index (χ4n) is 2.65. The van der Waals surface area contributed by atoms with Crippen LogP contribution in [0.2, 0.25) is 5.02 Å². The van der Waals surface area contributed by atoms with Crippen molar-refractivity contribution in [1.82, 2.24) is 0 Å². The number of carbonyl (C=O) groups excluding carboxylic acids is 2. The number of nitrogens with one attached hydrogen (secondary N) is 1. The molecule has 0 saturated heterocycles. The summed E-state index contributed by atoms with van der Waals surface area (Å²) in [6.45, 7) is 9.61. The molecule has 0 aromatic heterocycles. The van der Waals surface area contributed by atoms with Crippen LogP contribution in [0.15, 0.2) is 42.5 Å². The summed E-state index contributed by atoms with van der Waals surface area (Å²) < 4.78 is 0. The number of hydrogen-bond acceptors (Lipinski definition) is 2. The average molecular weight is 373 g/mol. The number of anilines is 2. The van der Waals surface area contributed by atoms with Gasteiger partial charge in [0.2, 0.25) is 11.8 Å². The van der Waals surface area contributed by atoms with Gasteiger partial charge in [-0.2, -0.15) is 0 Å². The molecule has 1 N–H and O–H groups in total. The Morgan fingerprint density at radius 3 is 2.23 bits per heavy atom. The Labute approximate surface area is 160 Å². The number of amides is 2. The normalized spacial score (nSPS) is 11.2. The van der Waals surface area contributed by atoms with Crippen LogP contribution in [0.1, 0.15) is 38.8 Å². The first-order valence-corrected chi connectivity index (χ1v) is 8.91. The highest BCUT2D eigenvalue weighted by Crippen LogP contribution is 2.27. The number of hydrogen-bond donors (Lipinski definition) is 1. The van der Waals surface area contributed by atoms with E-state index >= 15 is 0 Å². The lowest BCUT2D eigenvalue weighted by Crippen LogP contribution is -2.37. The van der Waals surface area contributed by atoms with Crippen LogP contribution in [-0.4, -0.2) is 18.4 Å². The first kappa shape index (κ1) is 20.0. The zero-order chi connectivity index (χ0) is 19.5. The molecule has 0 spiro atoms. The molecule has 2 aromatic rings. The highest BCUT2D eigenvalue weighted by Gasteiger charge is 2.19. The third-order valence-electron chi connectivity index (χ3n) is 4.25. The van der Waals surface area contributed by atoms with Gasteiger partial charge >= 0.3 is 0 Å². The SMILES string of the molecule is CC(=O)N(CC(=O)Nc1ccc(C(C)(C)C)cc1)c1cccc(Cl)c1C. The van der Waals surface area contributed by atoms with Crippen molar-refractivity contribution in [3.8, 4) is 0 Å². The minimum absolute atomic E-state index is 0.0536. The second-order valence-corrected chi connectivity index (χ2v) is 7.77. The van der Waals surface area contributed by atoms with Crippen LogP contribution in [0.3, 0.4) is 0 Å². The Hall–Kier alpha value is -2.33. The maximum absolute atomic E-state index is 12.4. The Morgan fingerprint density at radius 2 is 1.69 bits per heavy atom. The van der Waals surface area contributed by atoms with E-state index in [1.807, 2.05) is 31.2 Å². The van der Waals surface area contributed by atoms with Gasteiger partial charge in [-0.15, -0.1) is 0 Å². The van der Waals surface area contributed by atoms with Gasteiger partial charge in [-0.25, -0.2) is 0 Å². The van der Waals surface area contributed by atoms with Crippen molar-refractivity contribution in [2.75, 3.05) is 16.8 Å². The molecule has 0 fully saturated rings. The van der Waals surface area contributed by atoms with E-state index in [2.05, 4.69) is 26.1 Å². The molecular formula is C21H25ClN2O2. The maximum atomic E-state index is 12.4. The van der Waals surface area contributed by atoms with Gasteiger partial charge in [0.15, 0.2) is 0 Å². The van der Waals surface area contributed by atoms with E-state index < -0.39 is 0 Å². The fraction of sp³-hybridized carbons (Fsp3) is 0.333. The van der Waals surface area contributed by atoms with Crippen molar-refractivity contribution in [2.45, 2.75) is 40.0 Å². The molecule has 2 aromatic carbocycles. The number of rotatable bonds is 4. The zero-order valence-electron chi connectivity index (χ0n) is 15.9. The molecule has 0 heterocycles. The molecule has 0 aliphatic carbocycles. The minimum Gasteiger partial charge on any atom is -0.325 e. The third-order valence-corrected chi connectivity index (χ3v) is 4.66. The summed E-state index contributed by atoms with van der Waals surface area (Å²) in [7, 11) is 0. The van der Waals surface area contributed by atoms with Crippen molar-refractivity contribution in [3.05, 3.63) is 58.6 Å². The van der Waals surface area contributed by atoms with Gasteiger partial charge in [0, 0.05) is 23.3 Å². The highest BCUT2D eigenvalue weighted by atomic mass is 35.5. The van der Waals surface area contributed by atoms with Crippen LogP contribution in [-0.2, 0) is 15.0 Å². The van der Waals surface area contributed by atoms with Crippen molar-refractivity contribution < 1.29 is 9.59 Å². The quantitative estimate of drug-likeness (QED) is 0.826. The maximum Gasteiger partial charge on any atom is 0.244 e. The molecule has 0 radical (unpaired) electrons. The molecule has 4 nitrogen and oxygen atoms in total.